The van der Waals surface area contributed by atoms with Gasteiger partial charge >= 0.3 is 0 Å². The number of ether oxygens (including phenoxy) is 2. The fraction of sp³-hybridized carbons (Fsp3) is 0.458. The van der Waals surface area contributed by atoms with Gasteiger partial charge in [-0.1, -0.05) is 30.3 Å². The van der Waals surface area contributed by atoms with Crippen molar-refractivity contribution in [3.8, 4) is 11.1 Å². The van der Waals surface area contributed by atoms with Crippen molar-refractivity contribution >= 4 is 5.91 Å². The number of rotatable bonds is 6. The first-order valence-electron chi connectivity index (χ1n) is 10.7. The second kappa shape index (κ2) is 9.27. The number of benzene rings is 2. The second-order valence-electron chi connectivity index (χ2n) is 8.40. The van der Waals surface area contributed by atoms with E-state index in [2.05, 4.69) is 5.32 Å². The summed E-state index contributed by atoms with van der Waals surface area (Å²) in [7, 11) is 1.39. The molecule has 8 heteroatoms. The summed E-state index contributed by atoms with van der Waals surface area (Å²) >= 11 is 0. The number of methoxy groups -OCH3 is 1. The number of carbonyl (C=O) groups excluding carboxylic acids is 1. The highest BCUT2D eigenvalue weighted by Gasteiger charge is 2.48. The molecule has 4 rings (SSSR count). The Labute approximate surface area is 186 Å². The van der Waals surface area contributed by atoms with Crippen molar-refractivity contribution in [2.45, 2.75) is 50.0 Å². The average molecular weight is 443 g/mol. The molecule has 1 saturated heterocycles. The Bertz CT molecular complexity index is 994. The van der Waals surface area contributed by atoms with Crippen LogP contribution in [0.25, 0.3) is 11.1 Å². The third kappa shape index (κ3) is 4.05. The van der Waals surface area contributed by atoms with Crippen LogP contribution in [-0.4, -0.2) is 77.1 Å². The van der Waals surface area contributed by atoms with Gasteiger partial charge in [-0.3, -0.25) is 4.79 Å². The molecule has 0 aliphatic carbocycles. The zero-order valence-corrected chi connectivity index (χ0v) is 18.1. The van der Waals surface area contributed by atoms with Gasteiger partial charge in [0.15, 0.2) is 0 Å². The molecule has 1 amide bonds. The first kappa shape index (κ1) is 22.8. The number of hydrogen-bond acceptors (Lipinski definition) is 7. The van der Waals surface area contributed by atoms with Crippen molar-refractivity contribution in [1.82, 2.24) is 5.32 Å². The monoisotopic (exact) mass is 443 g/mol. The lowest BCUT2D eigenvalue weighted by atomic mass is 9.90. The van der Waals surface area contributed by atoms with E-state index in [1.165, 1.54) is 7.11 Å². The van der Waals surface area contributed by atoms with Crippen molar-refractivity contribution < 1.29 is 34.7 Å². The second-order valence-corrected chi connectivity index (χ2v) is 8.40. The number of amides is 1. The van der Waals surface area contributed by atoms with E-state index < -0.39 is 43.2 Å². The van der Waals surface area contributed by atoms with Gasteiger partial charge in [-0.05, 0) is 47.2 Å². The lowest BCUT2D eigenvalue weighted by molar-refractivity contribution is -0.129. The maximum atomic E-state index is 12.2. The summed E-state index contributed by atoms with van der Waals surface area (Å²) in [4.78, 5) is 12.2. The molecule has 0 saturated carbocycles. The van der Waals surface area contributed by atoms with Crippen LogP contribution < -0.4 is 5.32 Å². The number of hydrogen-bond donors (Lipinski definition) is 5. The predicted octanol–water partition coefficient (Wildman–Crippen LogP) is 0.478. The van der Waals surface area contributed by atoms with E-state index in [-0.39, 0.29) is 5.91 Å². The van der Waals surface area contributed by atoms with Crippen molar-refractivity contribution in [3.63, 3.8) is 0 Å². The van der Waals surface area contributed by atoms with E-state index in [1.54, 1.807) is 6.07 Å². The fourth-order valence-corrected chi connectivity index (χ4v) is 4.60. The quantitative estimate of drug-likeness (QED) is 0.439. The molecule has 5 N–H and O–H groups in total. The third-order valence-corrected chi connectivity index (χ3v) is 6.44. The zero-order valence-electron chi connectivity index (χ0n) is 18.1. The van der Waals surface area contributed by atoms with E-state index >= 15 is 0 Å². The third-order valence-electron chi connectivity index (χ3n) is 6.44. The molecular formula is C24H29NO7. The van der Waals surface area contributed by atoms with Gasteiger partial charge in [0.1, 0.15) is 36.6 Å². The van der Waals surface area contributed by atoms with Crippen LogP contribution in [0.3, 0.4) is 0 Å². The largest absolute Gasteiger partial charge is 0.394 e. The number of aliphatic hydroxyl groups is 4. The summed E-state index contributed by atoms with van der Waals surface area (Å²) in [5.74, 6) is -0.0710. The zero-order chi connectivity index (χ0) is 23.0. The van der Waals surface area contributed by atoms with Gasteiger partial charge in [-0.25, -0.2) is 0 Å². The molecule has 6 atom stereocenters. The van der Waals surface area contributed by atoms with Crippen LogP contribution in [0.1, 0.15) is 33.2 Å². The van der Waals surface area contributed by atoms with E-state index in [4.69, 9.17) is 9.47 Å². The van der Waals surface area contributed by atoms with Gasteiger partial charge in [0.25, 0.3) is 5.91 Å². The number of aryl methyl sites for hydroxylation is 1. The molecule has 2 aliphatic heterocycles. The smallest absolute Gasteiger partial charge is 0.251 e. The molecule has 2 heterocycles. The van der Waals surface area contributed by atoms with Crippen LogP contribution >= 0.6 is 0 Å². The van der Waals surface area contributed by atoms with Crippen LogP contribution in [0.2, 0.25) is 0 Å². The molecule has 172 valence electrons. The van der Waals surface area contributed by atoms with Crippen molar-refractivity contribution in [2.24, 2.45) is 0 Å². The van der Waals surface area contributed by atoms with Gasteiger partial charge in [-0.15, -0.1) is 0 Å². The molecule has 0 spiro atoms. The van der Waals surface area contributed by atoms with E-state index in [9.17, 15) is 25.2 Å². The average Bonchev–Trinajstić information content (AvgIpc) is 3.08. The van der Waals surface area contributed by atoms with Crippen molar-refractivity contribution in [3.05, 3.63) is 58.7 Å². The molecule has 32 heavy (non-hydrogen) atoms. The number of carbonyl (C=O) groups is 1. The van der Waals surface area contributed by atoms with Crippen molar-refractivity contribution in [2.75, 3.05) is 20.3 Å². The van der Waals surface area contributed by atoms with Crippen LogP contribution in [-0.2, 0) is 15.9 Å². The Morgan fingerprint density at radius 3 is 2.53 bits per heavy atom. The molecule has 8 nitrogen and oxygen atoms in total. The summed E-state index contributed by atoms with van der Waals surface area (Å²) in [5, 5.41) is 43.6. The van der Waals surface area contributed by atoms with Gasteiger partial charge < -0.3 is 35.2 Å². The normalized spacial score (nSPS) is 27.0. The molecule has 3 unspecified atom stereocenters. The van der Waals surface area contributed by atoms with Crippen LogP contribution in [0.5, 0.6) is 0 Å². The molecule has 2 aromatic rings. The minimum Gasteiger partial charge on any atom is -0.394 e. The van der Waals surface area contributed by atoms with Gasteiger partial charge in [0.05, 0.1) is 6.61 Å². The molecule has 0 bridgehead atoms. The first-order chi connectivity index (χ1) is 15.3. The Kier molecular flexibility index (Phi) is 6.62. The Hall–Kier alpha value is -2.33. The summed E-state index contributed by atoms with van der Waals surface area (Å²) < 4.78 is 11.0. The minimum absolute atomic E-state index is 0.0710. The molecule has 2 aromatic carbocycles. The first-order valence-corrected chi connectivity index (χ1v) is 10.7. The standard InChI is InChI=1S/C24H29NO7/c1-12-9-14(15-4-3-13-7-8-25-24(30)17(13)10-15)5-6-16(12)19(27)22(31-2)23-21(29)20(28)18(11-26)32-23/h3-6,9-10,18-23,26-29H,7-8,11H2,1-2H3,(H,25,30)/t18?,19-,20-,21?,22-,23?/m1/s1. The SMILES string of the molecule is CO[C@@H](C1OC(CO)[C@@H](O)C1O)[C@H](O)c1ccc(-c2ccc3c(c2)C(=O)NCC3)cc1C. The summed E-state index contributed by atoms with van der Waals surface area (Å²) in [6.45, 7) is 2.05. The number of aliphatic hydroxyl groups excluding tert-OH is 4. The van der Waals surface area contributed by atoms with Crippen LogP contribution in [0, 0.1) is 6.92 Å². The lowest BCUT2D eigenvalue weighted by Gasteiger charge is -2.29. The van der Waals surface area contributed by atoms with Gasteiger partial charge in [-0.2, -0.15) is 0 Å². The lowest BCUT2D eigenvalue weighted by Crippen LogP contribution is -2.43. The van der Waals surface area contributed by atoms with Gasteiger partial charge in [0, 0.05) is 19.2 Å². The van der Waals surface area contributed by atoms with E-state index in [0.29, 0.717) is 17.7 Å². The van der Waals surface area contributed by atoms with Gasteiger partial charge in [0.2, 0.25) is 0 Å². The molecule has 0 aromatic heterocycles. The van der Waals surface area contributed by atoms with E-state index in [0.717, 1.165) is 28.7 Å². The van der Waals surface area contributed by atoms with E-state index in [1.807, 2.05) is 37.3 Å². The highest BCUT2D eigenvalue weighted by Crippen LogP contribution is 2.34. The minimum atomic E-state index is -1.30. The summed E-state index contributed by atoms with van der Waals surface area (Å²) in [6, 6.07) is 11.4. The summed E-state index contributed by atoms with van der Waals surface area (Å²) in [5.41, 5.74) is 4.90. The predicted molar refractivity (Wildman–Crippen MR) is 116 cm³/mol. The highest BCUT2D eigenvalue weighted by atomic mass is 16.6. The highest BCUT2D eigenvalue weighted by molar-refractivity contribution is 5.98. The number of fused-ring (bicyclic) bond motifs is 1. The molecule has 2 aliphatic rings. The van der Waals surface area contributed by atoms with Crippen LogP contribution in [0.4, 0.5) is 0 Å². The van der Waals surface area contributed by atoms with Crippen LogP contribution in [0.15, 0.2) is 36.4 Å². The molecule has 0 radical (unpaired) electrons. The topological polar surface area (TPSA) is 128 Å². The summed E-state index contributed by atoms with van der Waals surface area (Å²) in [6.07, 6.45) is -5.77. The molecule has 1 fully saturated rings. The fourth-order valence-electron chi connectivity index (χ4n) is 4.60. The maximum absolute atomic E-state index is 12.2. The Balaban J connectivity index is 1.59. The maximum Gasteiger partial charge on any atom is 0.251 e. The number of nitrogens with one attached hydrogen (secondary N) is 1. The molecular weight excluding hydrogens is 414 g/mol. The Morgan fingerprint density at radius 1 is 1.16 bits per heavy atom. The Morgan fingerprint density at radius 2 is 1.88 bits per heavy atom. The van der Waals surface area contributed by atoms with Crippen molar-refractivity contribution in [1.29, 1.82) is 0 Å².